The Kier molecular flexibility index (Phi) is 7.05. The summed E-state index contributed by atoms with van der Waals surface area (Å²) in [5.74, 6) is 0.441. The molecule has 0 aliphatic carbocycles. The van der Waals surface area contributed by atoms with Crippen molar-refractivity contribution in [2.45, 2.75) is 39.2 Å². The summed E-state index contributed by atoms with van der Waals surface area (Å²) < 4.78 is 0. The average Bonchev–Trinajstić information content (AvgIpc) is 2.41. The Labute approximate surface area is 145 Å². The van der Waals surface area contributed by atoms with Gasteiger partial charge in [-0.05, 0) is 35.5 Å². The van der Waals surface area contributed by atoms with Crippen molar-refractivity contribution in [1.29, 1.82) is 0 Å². The van der Waals surface area contributed by atoms with Crippen LogP contribution in [0.25, 0.3) is 0 Å². The van der Waals surface area contributed by atoms with E-state index in [0.717, 1.165) is 18.7 Å². The first-order valence-electron chi connectivity index (χ1n) is 8.06. The fourth-order valence-electron chi connectivity index (χ4n) is 2.56. The Morgan fingerprint density at radius 2 is 1.87 bits per heavy atom. The van der Waals surface area contributed by atoms with E-state index in [1.165, 1.54) is 5.56 Å². The van der Waals surface area contributed by atoms with Crippen LogP contribution in [0, 0.1) is 11.8 Å². The number of hydrogen-bond donors (Lipinski definition) is 3. The standard InChI is InChI=1S/C18H28N2O2.ClH/c1-12(14-9-19-10-14)17(22)20-11-16(21)13-5-7-15(8-6-13)18(2,3)4;/h5-8,12,14,16,19,21H,9-11H2,1-4H3,(H,20,22);1H. The molecule has 23 heavy (non-hydrogen) atoms. The van der Waals surface area contributed by atoms with Crippen LogP contribution in [0.2, 0.25) is 0 Å². The van der Waals surface area contributed by atoms with Gasteiger partial charge in [-0.3, -0.25) is 4.79 Å². The third-order valence-electron chi connectivity index (χ3n) is 4.56. The highest BCUT2D eigenvalue weighted by Gasteiger charge is 2.28. The number of rotatable bonds is 5. The molecule has 130 valence electrons. The molecule has 1 saturated heterocycles. The molecule has 1 aromatic carbocycles. The molecular weight excluding hydrogens is 312 g/mol. The largest absolute Gasteiger partial charge is 0.387 e. The molecule has 0 aromatic heterocycles. The highest BCUT2D eigenvalue weighted by molar-refractivity contribution is 5.85. The van der Waals surface area contributed by atoms with Crippen LogP contribution in [0.5, 0.6) is 0 Å². The second-order valence-electron chi connectivity index (χ2n) is 7.34. The first kappa shape index (κ1) is 19.9. The van der Waals surface area contributed by atoms with E-state index < -0.39 is 6.10 Å². The summed E-state index contributed by atoms with van der Waals surface area (Å²) in [7, 11) is 0. The number of benzene rings is 1. The Bertz CT molecular complexity index is 507. The minimum absolute atomic E-state index is 0. The highest BCUT2D eigenvalue weighted by Crippen LogP contribution is 2.24. The van der Waals surface area contributed by atoms with Crippen molar-refractivity contribution < 1.29 is 9.90 Å². The van der Waals surface area contributed by atoms with Crippen LogP contribution in [0.1, 0.15) is 44.9 Å². The smallest absolute Gasteiger partial charge is 0.223 e. The maximum Gasteiger partial charge on any atom is 0.223 e. The van der Waals surface area contributed by atoms with E-state index in [0.29, 0.717) is 5.92 Å². The van der Waals surface area contributed by atoms with Gasteiger partial charge in [-0.25, -0.2) is 0 Å². The van der Waals surface area contributed by atoms with Crippen LogP contribution in [0.4, 0.5) is 0 Å². The second-order valence-corrected chi connectivity index (χ2v) is 7.34. The Morgan fingerprint density at radius 3 is 2.30 bits per heavy atom. The van der Waals surface area contributed by atoms with E-state index >= 15 is 0 Å². The van der Waals surface area contributed by atoms with Gasteiger partial charge in [-0.2, -0.15) is 0 Å². The lowest BCUT2D eigenvalue weighted by Crippen LogP contribution is -2.50. The number of carbonyl (C=O) groups excluding carboxylic acids is 1. The molecule has 4 nitrogen and oxygen atoms in total. The van der Waals surface area contributed by atoms with Gasteiger partial charge in [0.1, 0.15) is 0 Å². The van der Waals surface area contributed by atoms with Crippen LogP contribution < -0.4 is 10.6 Å². The normalized spacial score (nSPS) is 17.6. The molecule has 3 N–H and O–H groups in total. The van der Waals surface area contributed by atoms with Gasteiger partial charge in [0.25, 0.3) is 0 Å². The minimum atomic E-state index is -0.662. The molecule has 0 saturated carbocycles. The van der Waals surface area contributed by atoms with Gasteiger partial charge in [0.15, 0.2) is 0 Å². The lowest BCUT2D eigenvalue weighted by Gasteiger charge is -2.31. The van der Waals surface area contributed by atoms with Gasteiger partial charge in [0, 0.05) is 12.5 Å². The van der Waals surface area contributed by atoms with Crippen molar-refractivity contribution in [2.75, 3.05) is 19.6 Å². The molecule has 1 fully saturated rings. The first-order valence-corrected chi connectivity index (χ1v) is 8.06. The maximum atomic E-state index is 12.0. The zero-order valence-electron chi connectivity index (χ0n) is 14.4. The van der Waals surface area contributed by atoms with E-state index in [1.54, 1.807) is 0 Å². The number of aliphatic hydroxyl groups excluding tert-OH is 1. The summed E-state index contributed by atoms with van der Waals surface area (Å²) in [4.78, 5) is 12.0. The van der Waals surface area contributed by atoms with Gasteiger partial charge in [-0.1, -0.05) is 52.0 Å². The average molecular weight is 341 g/mol. The van der Waals surface area contributed by atoms with Crippen molar-refractivity contribution in [2.24, 2.45) is 11.8 Å². The number of amides is 1. The summed E-state index contributed by atoms with van der Waals surface area (Å²) >= 11 is 0. The summed E-state index contributed by atoms with van der Waals surface area (Å²) in [5.41, 5.74) is 2.18. The lowest BCUT2D eigenvalue weighted by atomic mass is 9.86. The van der Waals surface area contributed by atoms with Crippen LogP contribution in [0.3, 0.4) is 0 Å². The fourth-order valence-corrected chi connectivity index (χ4v) is 2.56. The Hall–Kier alpha value is -1.10. The van der Waals surface area contributed by atoms with Crippen LogP contribution in [-0.2, 0) is 10.2 Å². The summed E-state index contributed by atoms with van der Waals surface area (Å²) in [6, 6.07) is 7.97. The van der Waals surface area contributed by atoms with Gasteiger partial charge >= 0.3 is 0 Å². The lowest BCUT2D eigenvalue weighted by molar-refractivity contribution is -0.127. The molecule has 1 aliphatic heterocycles. The highest BCUT2D eigenvalue weighted by atomic mass is 35.5. The fraction of sp³-hybridized carbons (Fsp3) is 0.611. The molecule has 0 bridgehead atoms. The molecule has 1 aliphatic rings. The zero-order chi connectivity index (χ0) is 16.3. The van der Waals surface area contributed by atoms with Crippen LogP contribution >= 0.6 is 12.4 Å². The molecule has 2 unspecified atom stereocenters. The van der Waals surface area contributed by atoms with E-state index in [2.05, 4.69) is 31.4 Å². The topological polar surface area (TPSA) is 61.4 Å². The van der Waals surface area contributed by atoms with E-state index in [4.69, 9.17) is 0 Å². The molecule has 5 heteroatoms. The molecule has 2 atom stereocenters. The monoisotopic (exact) mass is 340 g/mol. The Morgan fingerprint density at radius 1 is 1.30 bits per heavy atom. The maximum absolute atomic E-state index is 12.0. The number of aliphatic hydroxyl groups is 1. The summed E-state index contributed by atoms with van der Waals surface area (Å²) in [6.45, 7) is 10.5. The van der Waals surface area contributed by atoms with Gasteiger partial charge in [0.2, 0.25) is 5.91 Å². The number of nitrogens with one attached hydrogen (secondary N) is 2. The minimum Gasteiger partial charge on any atom is -0.387 e. The predicted molar refractivity (Wildman–Crippen MR) is 95.9 cm³/mol. The molecule has 1 heterocycles. The SMILES string of the molecule is CC(C(=O)NCC(O)c1ccc(C(C)(C)C)cc1)C1CNC1.Cl. The molecular formula is C18H29ClN2O2. The first-order chi connectivity index (χ1) is 10.3. The molecule has 1 aromatic rings. The van der Waals surface area contributed by atoms with Crippen molar-refractivity contribution in [3.8, 4) is 0 Å². The van der Waals surface area contributed by atoms with Crippen molar-refractivity contribution in [3.63, 3.8) is 0 Å². The predicted octanol–water partition coefficient (Wildman–Crippen LogP) is 2.41. The van der Waals surface area contributed by atoms with Crippen LogP contribution in [0.15, 0.2) is 24.3 Å². The molecule has 0 radical (unpaired) electrons. The van der Waals surface area contributed by atoms with E-state index in [9.17, 15) is 9.90 Å². The zero-order valence-corrected chi connectivity index (χ0v) is 15.2. The van der Waals surface area contributed by atoms with Crippen molar-refractivity contribution >= 4 is 18.3 Å². The van der Waals surface area contributed by atoms with E-state index in [1.807, 2.05) is 31.2 Å². The van der Waals surface area contributed by atoms with E-state index in [-0.39, 0.29) is 36.2 Å². The third-order valence-corrected chi connectivity index (χ3v) is 4.56. The quantitative estimate of drug-likeness (QED) is 0.771. The summed E-state index contributed by atoms with van der Waals surface area (Å²) in [6.07, 6.45) is -0.662. The van der Waals surface area contributed by atoms with Gasteiger partial charge in [0.05, 0.1) is 6.10 Å². The summed E-state index contributed by atoms with van der Waals surface area (Å²) in [5, 5.41) is 16.3. The van der Waals surface area contributed by atoms with Crippen molar-refractivity contribution in [3.05, 3.63) is 35.4 Å². The van der Waals surface area contributed by atoms with Gasteiger partial charge < -0.3 is 15.7 Å². The molecule has 0 spiro atoms. The molecule has 1 amide bonds. The van der Waals surface area contributed by atoms with Crippen LogP contribution in [-0.4, -0.2) is 30.6 Å². The number of hydrogen-bond acceptors (Lipinski definition) is 3. The number of carbonyl (C=O) groups is 1. The molecule has 2 rings (SSSR count). The van der Waals surface area contributed by atoms with Gasteiger partial charge in [-0.15, -0.1) is 12.4 Å². The Balaban J connectivity index is 0.00000264. The van der Waals surface area contributed by atoms with Crippen molar-refractivity contribution in [1.82, 2.24) is 10.6 Å². The third kappa shape index (κ3) is 5.20. The second kappa shape index (κ2) is 8.13. The number of halogens is 1.